The third-order valence-corrected chi connectivity index (χ3v) is 7.99. The first-order valence-corrected chi connectivity index (χ1v) is 12.1. The molecule has 1 aliphatic rings. The molecule has 2 atom stereocenters. The van der Waals surface area contributed by atoms with Crippen molar-refractivity contribution in [3.05, 3.63) is 53.6 Å². The largest absolute Gasteiger partial charge is 0.298 e. The monoisotopic (exact) mass is 465 g/mol. The number of hydrogen-bond acceptors (Lipinski definition) is 5. The lowest BCUT2D eigenvalue weighted by molar-refractivity contribution is 0.102. The Morgan fingerprint density at radius 1 is 1.13 bits per heavy atom. The topological polar surface area (TPSA) is 79.4 Å². The number of amides is 1. The fourth-order valence-corrected chi connectivity index (χ4v) is 6.49. The van der Waals surface area contributed by atoms with Gasteiger partial charge in [-0.15, -0.1) is 0 Å². The van der Waals surface area contributed by atoms with Crippen LogP contribution in [0.15, 0.2) is 41.3 Å². The van der Waals surface area contributed by atoms with Gasteiger partial charge in [-0.2, -0.15) is 4.31 Å². The summed E-state index contributed by atoms with van der Waals surface area (Å²) < 4.78 is 54.8. The molecule has 2 heterocycles. The predicted molar refractivity (Wildman–Crippen MR) is 116 cm³/mol. The van der Waals surface area contributed by atoms with E-state index in [-0.39, 0.29) is 37.6 Å². The summed E-state index contributed by atoms with van der Waals surface area (Å²) in [6, 6.07) is 7.53. The normalized spacial score (nSPS) is 20.1. The van der Waals surface area contributed by atoms with Crippen LogP contribution >= 0.6 is 11.3 Å². The Bertz CT molecular complexity index is 1230. The van der Waals surface area contributed by atoms with Crippen molar-refractivity contribution in [1.29, 1.82) is 0 Å². The van der Waals surface area contributed by atoms with E-state index >= 15 is 0 Å². The predicted octanol–water partition coefficient (Wildman–Crippen LogP) is 4.49. The number of fused-ring (bicyclic) bond motifs is 1. The number of carbonyl (C=O) groups is 1. The number of rotatable bonds is 4. The van der Waals surface area contributed by atoms with Crippen LogP contribution in [-0.2, 0) is 10.0 Å². The third kappa shape index (κ3) is 4.46. The number of sulfonamides is 1. The molecule has 0 aliphatic carbocycles. The van der Waals surface area contributed by atoms with E-state index in [0.717, 1.165) is 29.9 Å². The maximum absolute atomic E-state index is 13.8. The van der Waals surface area contributed by atoms with E-state index in [1.54, 1.807) is 0 Å². The molecule has 0 saturated carbocycles. The lowest BCUT2D eigenvalue weighted by Crippen LogP contribution is -2.42. The van der Waals surface area contributed by atoms with Crippen molar-refractivity contribution in [1.82, 2.24) is 9.29 Å². The Kier molecular flexibility index (Phi) is 5.80. The van der Waals surface area contributed by atoms with Gasteiger partial charge in [-0.05, 0) is 48.6 Å². The number of piperidine rings is 1. The summed E-state index contributed by atoms with van der Waals surface area (Å²) in [6.07, 6.45) is 0.993. The first-order chi connectivity index (χ1) is 14.6. The summed E-state index contributed by atoms with van der Waals surface area (Å²) in [7, 11) is -3.64. The standard InChI is InChI=1S/C21H21F2N3O3S2/c1-12-7-13(2)11-26(10-12)31(28,29)16-5-3-14(4-6-16)20(27)25-21-24-19-17(23)8-15(22)9-18(19)30-21/h3-6,8-9,12-13H,7,10-11H2,1-2H3,(H,24,25,27)/t12-,13-/m0/s1. The second-order valence-electron chi connectivity index (χ2n) is 8.00. The minimum absolute atomic E-state index is 0.0203. The highest BCUT2D eigenvalue weighted by Gasteiger charge is 2.31. The molecule has 4 rings (SSSR count). The Hall–Kier alpha value is -2.43. The molecule has 1 amide bonds. The molecule has 0 radical (unpaired) electrons. The van der Waals surface area contributed by atoms with Gasteiger partial charge < -0.3 is 0 Å². The van der Waals surface area contributed by atoms with Gasteiger partial charge in [-0.25, -0.2) is 22.2 Å². The minimum atomic E-state index is -3.64. The molecule has 3 aromatic rings. The fourth-order valence-electron chi connectivity index (χ4n) is 3.91. The molecule has 1 aromatic heterocycles. The van der Waals surface area contributed by atoms with Gasteiger partial charge in [0.1, 0.15) is 11.3 Å². The quantitative estimate of drug-likeness (QED) is 0.616. The molecule has 1 fully saturated rings. The number of hydrogen-bond donors (Lipinski definition) is 1. The van der Waals surface area contributed by atoms with E-state index in [2.05, 4.69) is 10.3 Å². The van der Waals surface area contributed by atoms with Crippen LogP contribution in [0.3, 0.4) is 0 Å². The number of nitrogens with zero attached hydrogens (tertiary/aromatic N) is 2. The van der Waals surface area contributed by atoms with Gasteiger partial charge in [-0.3, -0.25) is 10.1 Å². The minimum Gasteiger partial charge on any atom is -0.298 e. The summed E-state index contributed by atoms with van der Waals surface area (Å²) in [5.41, 5.74) is 0.207. The Labute approximate surface area is 183 Å². The van der Waals surface area contributed by atoms with Crippen LogP contribution in [0.1, 0.15) is 30.6 Å². The number of benzene rings is 2. The molecule has 1 aliphatic heterocycles. The molecule has 1 N–H and O–H groups in total. The van der Waals surface area contributed by atoms with Crippen molar-refractivity contribution in [2.45, 2.75) is 25.2 Å². The highest BCUT2D eigenvalue weighted by molar-refractivity contribution is 7.89. The Morgan fingerprint density at radius 3 is 2.42 bits per heavy atom. The number of halogens is 2. The second-order valence-corrected chi connectivity index (χ2v) is 11.0. The fraction of sp³-hybridized carbons (Fsp3) is 0.333. The summed E-state index contributed by atoms with van der Waals surface area (Å²) >= 11 is 0.950. The molecule has 0 spiro atoms. The van der Waals surface area contributed by atoms with E-state index in [1.807, 2.05) is 13.8 Å². The molecular weight excluding hydrogens is 444 g/mol. The third-order valence-electron chi connectivity index (χ3n) is 5.22. The molecule has 6 nitrogen and oxygen atoms in total. The van der Waals surface area contributed by atoms with E-state index in [1.165, 1.54) is 28.6 Å². The van der Waals surface area contributed by atoms with Gasteiger partial charge in [0.2, 0.25) is 10.0 Å². The highest BCUT2D eigenvalue weighted by Crippen LogP contribution is 2.30. The van der Waals surface area contributed by atoms with Crippen LogP contribution in [0.5, 0.6) is 0 Å². The first kappa shape index (κ1) is 21.8. The molecule has 2 aromatic carbocycles. The van der Waals surface area contributed by atoms with Crippen molar-refractivity contribution in [2.24, 2.45) is 11.8 Å². The van der Waals surface area contributed by atoms with Crippen LogP contribution in [0.2, 0.25) is 0 Å². The van der Waals surface area contributed by atoms with Gasteiger partial charge in [0.15, 0.2) is 10.9 Å². The summed E-state index contributed by atoms with van der Waals surface area (Å²) in [5.74, 6) is -1.47. The number of aromatic nitrogens is 1. The maximum Gasteiger partial charge on any atom is 0.257 e. The van der Waals surface area contributed by atoms with Crippen molar-refractivity contribution in [3.63, 3.8) is 0 Å². The van der Waals surface area contributed by atoms with Gasteiger partial charge in [0.25, 0.3) is 5.91 Å². The molecule has 164 valence electrons. The van der Waals surface area contributed by atoms with Crippen molar-refractivity contribution in [3.8, 4) is 0 Å². The zero-order chi connectivity index (χ0) is 22.3. The van der Waals surface area contributed by atoms with Crippen LogP contribution in [0, 0.1) is 23.5 Å². The van der Waals surface area contributed by atoms with E-state index in [9.17, 15) is 22.0 Å². The SMILES string of the molecule is C[C@H]1C[C@H](C)CN(S(=O)(=O)c2ccc(C(=O)Nc3nc4c(F)cc(F)cc4s3)cc2)C1. The van der Waals surface area contributed by atoms with E-state index in [0.29, 0.717) is 13.1 Å². The Balaban J connectivity index is 1.51. The number of nitrogens with one attached hydrogen (secondary N) is 1. The zero-order valence-corrected chi connectivity index (χ0v) is 18.6. The molecule has 31 heavy (non-hydrogen) atoms. The molecule has 0 bridgehead atoms. The van der Waals surface area contributed by atoms with Crippen LogP contribution < -0.4 is 5.32 Å². The van der Waals surface area contributed by atoms with Gasteiger partial charge >= 0.3 is 0 Å². The van der Waals surface area contributed by atoms with Crippen molar-refractivity contribution >= 4 is 42.6 Å². The van der Waals surface area contributed by atoms with Crippen LogP contribution in [-0.4, -0.2) is 36.7 Å². The molecule has 0 unspecified atom stereocenters. The van der Waals surface area contributed by atoms with E-state index in [4.69, 9.17) is 0 Å². The van der Waals surface area contributed by atoms with Crippen LogP contribution in [0.4, 0.5) is 13.9 Å². The summed E-state index contributed by atoms with van der Waals surface area (Å²) in [5, 5.41) is 2.67. The molecule has 10 heteroatoms. The lowest BCUT2D eigenvalue weighted by atomic mass is 9.94. The van der Waals surface area contributed by atoms with Crippen LogP contribution in [0.25, 0.3) is 10.2 Å². The zero-order valence-electron chi connectivity index (χ0n) is 16.9. The van der Waals surface area contributed by atoms with E-state index < -0.39 is 27.6 Å². The Morgan fingerprint density at radius 2 is 1.77 bits per heavy atom. The smallest absolute Gasteiger partial charge is 0.257 e. The highest BCUT2D eigenvalue weighted by atomic mass is 32.2. The summed E-state index contributed by atoms with van der Waals surface area (Å²) in [4.78, 5) is 16.6. The second kappa shape index (κ2) is 8.25. The average molecular weight is 466 g/mol. The number of thiazole rings is 1. The van der Waals surface area contributed by atoms with Gasteiger partial charge in [0.05, 0.1) is 9.60 Å². The van der Waals surface area contributed by atoms with Crippen molar-refractivity contribution < 1.29 is 22.0 Å². The average Bonchev–Trinajstić information content (AvgIpc) is 3.10. The maximum atomic E-state index is 13.8. The van der Waals surface area contributed by atoms with Gasteiger partial charge in [0, 0.05) is 24.7 Å². The number of anilines is 1. The lowest BCUT2D eigenvalue weighted by Gasteiger charge is -2.34. The molecular formula is C21H21F2N3O3S2. The van der Waals surface area contributed by atoms with Gasteiger partial charge in [-0.1, -0.05) is 25.2 Å². The van der Waals surface area contributed by atoms with Crippen molar-refractivity contribution in [2.75, 3.05) is 18.4 Å². The number of carbonyl (C=O) groups excluding carboxylic acids is 1. The first-order valence-electron chi connectivity index (χ1n) is 9.80. The summed E-state index contributed by atoms with van der Waals surface area (Å²) in [6.45, 7) is 5.02. The molecule has 1 saturated heterocycles.